The van der Waals surface area contributed by atoms with E-state index < -0.39 is 16.7 Å². The minimum absolute atomic E-state index is 0.0372. The van der Waals surface area contributed by atoms with Gasteiger partial charge in [-0.2, -0.15) is 0 Å². The zero-order chi connectivity index (χ0) is 13.7. The number of hydrogen-bond donors (Lipinski definition) is 0. The maximum atomic E-state index is 13.6. The Balaban J connectivity index is 3.09. The van der Waals surface area contributed by atoms with Gasteiger partial charge < -0.3 is 4.74 Å². The van der Waals surface area contributed by atoms with Gasteiger partial charge in [-0.05, 0) is 13.0 Å². The van der Waals surface area contributed by atoms with E-state index in [1.807, 2.05) is 0 Å². The van der Waals surface area contributed by atoms with Gasteiger partial charge in [-0.1, -0.05) is 15.9 Å². The molecule has 0 aliphatic heterocycles. The van der Waals surface area contributed by atoms with Crippen LogP contribution in [-0.2, 0) is 21.3 Å². The van der Waals surface area contributed by atoms with Crippen LogP contribution in [0.25, 0.3) is 0 Å². The summed E-state index contributed by atoms with van der Waals surface area (Å²) in [4.78, 5) is 21.4. The van der Waals surface area contributed by atoms with Crippen LogP contribution < -0.4 is 0 Å². The first-order chi connectivity index (χ1) is 8.49. The molecule has 0 aromatic heterocycles. The standard InChI is InChI=1S/C11H11BrFNO4/c1-2-18-11(15)5-7-4-10(14(16)17)8(6-12)3-9(7)13/h3-4H,2,5-6H2,1H3. The molecule has 7 heteroatoms. The molecule has 0 fully saturated rings. The molecule has 0 aliphatic carbocycles. The van der Waals surface area contributed by atoms with Crippen molar-refractivity contribution in [3.8, 4) is 0 Å². The number of nitro benzene ring substituents is 1. The first kappa shape index (κ1) is 14.6. The summed E-state index contributed by atoms with van der Waals surface area (Å²) in [6.45, 7) is 1.81. The number of rotatable bonds is 5. The number of nitrogens with zero attached hydrogens (tertiary/aromatic N) is 1. The normalized spacial score (nSPS) is 10.2. The van der Waals surface area contributed by atoms with E-state index >= 15 is 0 Å². The third-order valence-corrected chi connectivity index (χ3v) is 2.83. The lowest BCUT2D eigenvalue weighted by molar-refractivity contribution is -0.385. The maximum Gasteiger partial charge on any atom is 0.310 e. The lowest BCUT2D eigenvalue weighted by atomic mass is 10.1. The monoisotopic (exact) mass is 319 g/mol. The van der Waals surface area contributed by atoms with Crippen molar-refractivity contribution < 1.29 is 18.8 Å². The summed E-state index contributed by atoms with van der Waals surface area (Å²) >= 11 is 3.05. The summed E-state index contributed by atoms with van der Waals surface area (Å²) in [5.74, 6) is -1.26. The molecular weight excluding hydrogens is 309 g/mol. The van der Waals surface area contributed by atoms with E-state index in [2.05, 4.69) is 20.7 Å². The second-order valence-electron chi connectivity index (χ2n) is 3.44. The van der Waals surface area contributed by atoms with Crippen LogP contribution in [0.5, 0.6) is 0 Å². The van der Waals surface area contributed by atoms with Gasteiger partial charge in [-0.15, -0.1) is 0 Å². The van der Waals surface area contributed by atoms with E-state index in [0.29, 0.717) is 0 Å². The van der Waals surface area contributed by atoms with Gasteiger partial charge in [-0.3, -0.25) is 14.9 Å². The summed E-state index contributed by atoms with van der Waals surface area (Å²) in [5.41, 5.74) is -0.0254. The number of hydrogen-bond acceptors (Lipinski definition) is 4. The lowest BCUT2D eigenvalue weighted by Gasteiger charge is -2.06. The van der Waals surface area contributed by atoms with Gasteiger partial charge in [0.2, 0.25) is 0 Å². The van der Waals surface area contributed by atoms with Gasteiger partial charge in [0.1, 0.15) is 5.82 Å². The van der Waals surface area contributed by atoms with Crippen molar-refractivity contribution in [2.24, 2.45) is 0 Å². The highest BCUT2D eigenvalue weighted by molar-refractivity contribution is 9.08. The molecule has 18 heavy (non-hydrogen) atoms. The molecule has 5 nitrogen and oxygen atoms in total. The molecule has 0 heterocycles. The van der Waals surface area contributed by atoms with Crippen molar-refractivity contribution in [2.75, 3.05) is 6.61 Å². The Hall–Kier alpha value is -1.50. The van der Waals surface area contributed by atoms with E-state index in [4.69, 9.17) is 0 Å². The Bertz CT molecular complexity index is 478. The van der Waals surface area contributed by atoms with Crippen LogP contribution in [0, 0.1) is 15.9 Å². The van der Waals surface area contributed by atoms with Gasteiger partial charge in [0, 0.05) is 22.5 Å². The van der Waals surface area contributed by atoms with E-state index in [-0.39, 0.29) is 35.2 Å². The average Bonchev–Trinajstić information content (AvgIpc) is 2.31. The zero-order valence-electron chi connectivity index (χ0n) is 9.61. The largest absolute Gasteiger partial charge is 0.466 e. The number of esters is 1. The van der Waals surface area contributed by atoms with Crippen molar-refractivity contribution in [1.29, 1.82) is 0 Å². The molecule has 1 aromatic carbocycles. The van der Waals surface area contributed by atoms with Gasteiger partial charge in [0.15, 0.2) is 0 Å². The molecule has 0 radical (unpaired) electrons. The Labute approximate surface area is 111 Å². The van der Waals surface area contributed by atoms with Crippen LogP contribution in [-0.4, -0.2) is 17.5 Å². The third-order valence-electron chi connectivity index (χ3n) is 2.23. The summed E-state index contributed by atoms with van der Waals surface area (Å²) in [6.07, 6.45) is -0.316. The summed E-state index contributed by atoms with van der Waals surface area (Å²) < 4.78 is 18.3. The molecule has 0 amide bonds. The number of benzene rings is 1. The molecule has 0 atom stereocenters. The lowest BCUT2D eigenvalue weighted by Crippen LogP contribution is -2.09. The first-order valence-electron chi connectivity index (χ1n) is 5.16. The fraction of sp³-hybridized carbons (Fsp3) is 0.364. The van der Waals surface area contributed by atoms with Crippen LogP contribution in [0.3, 0.4) is 0 Å². The number of ether oxygens (including phenoxy) is 1. The number of carbonyl (C=O) groups excluding carboxylic acids is 1. The molecule has 0 bridgehead atoms. The van der Waals surface area contributed by atoms with E-state index in [0.717, 1.165) is 12.1 Å². The summed E-state index contributed by atoms with van der Waals surface area (Å²) in [5, 5.41) is 11.0. The van der Waals surface area contributed by atoms with Crippen molar-refractivity contribution in [3.63, 3.8) is 0 Å². The molecular formula is C11H11BrFNO4. The molecule has 1 rings (SSSR count). The zero-order valence-corrected chi connectivity index (χ0v) is 11.2. The molecule has 0 spiro atoms. The van der Waals surface area contributed by atoms with Crippen molar-refractivity contribution in [1.82, 2.24) is 0 Å². The molecule has 0 saturated carbocycles. The van der Waals surface area contributed by atoms with E-state index in [1.165, 1.54) is 0 Å². The fourth-order valence-corrected chi connectivity index (χ4v) is 1.88. The van der Waals surface area contributed by atoms with Gasteiger partial charge in [0.25, 0.3) is 5.69 Å². The highest BCUT2D eigenvalue weighted by Crippen LogP contribution is 2.25. The first-order valence-corrected chi connectivity index (χ1v) is 6.29. The smallest absolute Gasteiger partial charge is 0.310 e. The number of halogens is 2. The molecule has 98 valence electrons. The Morgan fingerprint density at radius 3 is 2.67 bits per heavy atom. The van der Waals surface area contributed by atoms with Gasteiger partial charge in [-0.25, -0.2) is 4.39 Å². The van der Waals surface area contributed by atoms with Crippen LogP contribution in [0.15, 0.2) is 12.1 Å². The summed E-state index contributed by atoms with van der Waals surface area (Å²) in [6, 6.07) is 2.13. The highest BCUT2D eigenvalue weighted by Gasteiger charge is 2.19. The van der Waals surface area contributed by atoms with E-state index in [1.54, 1.807) is 6.92 Å². The van der Waals surface area contributed by atoms with E-state index in [9.17, 15) is 19.3 Å². The van der Waals surface area contributed by atoms with Crippen LogP contribution in [0.2, 0.25) is 0 Å². The minimum Gasteiger partial charge on any atom is -0.466 e. The molecule has 0 unspecified atom stereocenters. The number of alkyl halides is 1. The van der Waals surface area contributed by atoms with Gasteiger partial charge >= 0.3 is 5.97 Å². The minimum atomic E-state index is -0.650. The van der Waals surface area contributed by atoms with Crippen molar-refractivity contribution in [2.45, 2.75) is 18.7 Å². The Kier molecular flexibility index (Phi) is 5.21. The molecule has 0 saturated heterocycles. The average molecular weight is 320 g/mol. The Morgan fingerprint density at radius 2 is 2.17 bits per heavy atom. The van der Waals surface area contributed by atoms with Crippen molar-refractivity contribution >= 4 is 27.6 Å². The van der Waals surface area contributed by atoms with Crippen molar-refractivity contribution in [3.05, 3.63) is 39.2 Å². The predicted molar refractivity (Wildman–Crippen MR) is 66.0 cm³/mol. The summed E-state index contributed by atoms with van der Waals surface area (Å²) in [7, 11) is 0. The van der Waals surface area contributed by atoms with Crippen LogP contribution in [0.4, 0.5) is 10.1 Å². The van der Waals surface area contributed by atoms with Gasteiger partial charge in [0.05, 0.1) is 18.0 Å². The maximum absolute atomic E-state index is 13.6. The van der Waals surface area contributed by atoms with Crippen LogP contribution in [0.1, 0.15) is 18.1 Å². The SMILES string of the molecule is CCOC(=O)Cc1cc([N+](=O)[O-])c(CBr)cc1F. The molecule has 0 N–H and O–H groups in total. The molecule has 1 aromatic rings. The number of nitro groups is 1. The number of carbonyl (C=O) groups is 1. The van der Waals surface area contributed by atoms with Crippen LogP contribution >= 0.6 is 15.9 Å². The quantitative estimate of drug-likeness (QED) is 0.362. The highest BCUT2D eigenvalue weighted by atomic mass is 79.9. The second-order valence-corrected chi connectivity index (χ2v) is 4.01. The predicted octanol–water partition coefficient (Wildman–Crippen LogP) is 2.73. The topological polar surface area (TPSA) is 69.4 Å². The second kappa shape index (κ2) is 6.44. The fourth-order valence-electron chi connectivity index (χ4n) is 1.43. The Morgan fingerprint density at radius 1 is 1.50 bits per heavy atom. The molecule has 0 aliphatic rings. The third kappa shape index (κ3) is 3.49.